The molecule has 1 fully saturated rings. The number of aromatic nitrogens is 1. The first-order chi connectivity index (χ1) is 11.2. The van der Waals surface area contributed by atoms with E-state index < -0.39 is 0 Å². The normalized spacial score (nSPS) is 14.5. The maximum Gasteiger partial charge on any atom is 0.228 e. The van der Waals surface area contributed by atoms with E-state index in [0.717, 1.165) is 37.7 Å². The number of morpholine rings is 1. The highest BCUT2D eigenvalue weighted by Crippen LogP contribution is 2.16. The van der Waals surface area contributed by atoms with Gasteiger partial charge in [-0.2, -0.15) is 0 Å². The number of nitrogen functional groups attached to an aromatic ring is 1. The average Bonchev–Trinajstić information content (AvgIpc) is 2.56. The number of benzene rings is 1. The number of rotatable bonds is 4. The first kappa shape index (κ1) is 15.3. The Hall–Kier alpha value is -2.60. The summed E-state index contributed by atoms with van der Waals surface area (Å²) >= 11 is 0. The zero-order valence-electron chi connectivity index (χ0n) is 12.9. The zero-order chi connectivity index (χ0) is 16.1. The van der Waals surface area contributed by atoms with Crippen molar-refractivity contribution in [1.29, 1.82) is 0 Å². The number of anilines is 3. The Kier molecular flexibility index (Phi) is 4.73. The number of amides is 1. The van der Waals surface area contributed by atoms with Gasteiger partial charge >= 0.3 is 0 Å². The Labute approximate surface area is 135 Å². The molecule has 1 aromatic carbocycles. The number of carbonyl (C=O) groups excluding carboxylic acids is 1. The Morgan fingerprint density at radius 1 is 1.26 bits per heavy atom. The number of hydrogen-bond acceptors (Lipinski definition) is 5. The van der Waals surface area contributed by atoms with Crippen LogP contribution in [0.15, 0.2) is 42.6 Å². The molecule has 3 N–H and O–H groups in total. The molecule has 1 aromatic heterocycles. The topological polar surface area (TPSA) is 80.5 Å². The van der Waals surface area contributed by atoms with Crippen LogP contribution in [-0.4, -0.2) is 37.2 Å². The van der Waals surface area contributed by atoms with Gasteiger partial charge < -0.3 is 20.7 Å². The van der Waals surface area contributed by atoms with Crippen LogP contribution in [-0.2, 0) is 16.0 Å². The minimum absolute atomic E-state index is 0.0866. The van der Waals surface area contributed by atoms with E-state index in [-0.39, 0.29) is 12.3 Å². The molecular formula is C17H20N4O2. The van der Waals surface area contributed by atoms with Crippen LogP contribution in [0.3, 0.4) is 0 Å². The third-order valence-corrected chi connectivity index (χ3v) is 3.68. The van der Waals surface area contributed by atoms with Crippen LogP contribution in [0.25, 0.3) is 0 Å². The van der Waals surface area contributed by atoms with Crippen molar-refractivity contribution in [1.82, 2.24) is 4.98 Å². The average molecular weight is 312 g/mol. The summed E-state index contributed by atoms with van der Waals surface area (Å²) in [6.07, 6.45) is 1.97. The molecule has 2 heterocycles. The van der Waals surface area contributed by atoms with Gasteiger partial charge in [0.25, 0.3) is 0 Å². The minimum atomic E-state index is -0.0866. The maximum absolute atomic E-state index is 12.1. The van der Waals surface area contributed by atoms with Crippen molar-refractivity contribution < 1.29 is 9.53 Å². The van der Waals surface area contributed by atoms with Gasteiger partial charge in [-0.3, -0.25) is 4.79 Å². The third-order valence-electron chi connectivity index (χ3n) is 3.68. The molecular weight excluding hydrogens is 292 g/mol. The molecule has 2 aromatic rings. The summed E-state index contributed by atoms with van der Waals surface area (Å²) in [5.74, 6) is 0.818. The van der Waals surface area contributed by atoms with Gasteiger partial charge in [-0.05, 0) is 29.8 Å². The smallest absolute Gasteiger partial charge is 0.228 e. The number of hydrogen-bond donors (Lipinski definition) is 2. The molecule has 120 valence electrons. The molecule has 0 saturated carbocycles. The predicted molar refractivity (Wildman–Crippen MR) is 90.5 cm³/mol. The Morgan fingerprint density at radius 3 is 2.78 bits per heavy atom. The largest absolute Gasteiger partial charge is 0.399 e. The van der Waals surface area contributed by atoms with Crippen molar-refractivity contribution in [2.75, 3.05) is 42.3 Å². The van der Waals surface area contributed by atoms with Crippen molar-refractivity contribution in [3.8, 4) is 0 Å². The molecule has 0 spiro atoms. The standard InChI is InChI=1S/C17H20N4O2/c18-14-3-1-2-13(10-14)11-17(22)20-15-4-5-16(19-12-15)21-6-8-23-9-7-21/h1-5,10,12H,6-9,11,18H2,(H,20,22). The Bertz CT molecular complexity index is 667. The highest BCUT2D eigenvalue weighted by Gasteiger charge is 2.12. The van der Waals surface area contributed by atoms with Gasteiger partial charge in [0.1, 0.15) is 5.82 Å². The lowest BCUT2D eigenvalue weighted by Gasteiger charge is -2.27. The molecule has 0 unspecified atom stereocenters. The van der Waals surface area contributed by atoms with E-state index in [1.165, 1.54) is 0 Å². The summed E-state index contributed by atoms with van der Waals surface area (Å²) in [7, 11) is 0. The molecule has 1 aliphatic heterocycles. The lowest BCUT2D eigenvalue weighted by molar-refractivity contribution is -0.115. The molecule has 3 rings (SSSR count). The van der Waals surface area contributed by atoms with Crippen molar-refractivity contribution in [3.05, 3.63) is 48.2 Å². The van der Waals surface area contributed by atoms with Crippen molar-refractivity contribution in [2.24, 2.45) is 0 Å². The van der Waals surface area contributed by atoms with Crippen LogP contribution in [0.4, 0.5) is 17.2 Å². The van der Waals surface area contributed by atoms with Crippen LogP contribution in [0, 0.1) is 0 Å². The fourth-order valence-electron chi connectivity index (χ4n) is 2.53. The van der Waals surface area contributed by atoms with E-state index in [2.05, 4.69) is 15.2 Å². The highest BCUT2D eigenvalue weighted by atomic mass is 16.5. The molecule has 0 bridgehead atoms. The molecule has 23 heavy (non-hydrogen) atoms. The van der Waals surface area contributed by atoms with Gasteiger partial charge in [0.05, 0.1) is 31.5 Å². The van der Waals surface area contributed by atoms with Gasteiger partial charge in [-0.15, -0.1) is 0 Å². The van der Waals surface area contributed by atoms with Crippen LogP contribution in [0.1, 0.15) is 5.56 Å². The summed E-state index contributed by atoms with van der Waals surface area (Å²) in [4.78, 5) is 18.7. The molecule has 1 aliphatic rings. The van der Waals surface area contributed by atoms with Crippen LogP contribution in [0.5, 0.6) is 0 Å². The number of carbonyl (C=O) groups is 1. The molecule has 0 atom stereocenters. The third kappa shape index (κ3) is 4.20. The monoisotopic (exact) mass is 312 g/mol. The van der Waals surface area contributed by atoms with E-state index >= 15 is 0 Å². The van der Waals surface area contributed by atoms with Gasteiger partial charge in [0.15, 0.2) is 0 Å². The lowest BCUT2D eigenvalue weighted by atomic mass is 10.1. The quantitative estimate of drug-likeness (QED) is 0.840. The second-order valence-corrected chi connectivity index (χ2v) is 5.47. The SMILES string of the molecule is Nc1cccc(CC(=O)Nc2ccc(N3CCOCC3)nc2)c1. The molecule has 1 saturated heterocycles. The predicted octanol–water partition coefficient (Wildman–Crippen LogP) is 1.68. The lowest BCUT2D eigenvalue weighted by Crippen LogP contribution is -2.36. The van der Waals surface area contributed by atoms with Crippen LogP contribution >= 0.6 is 0 Å². The molecule has 1 amide bonds. The molecule has 0 radical (unpaired) electrons. The number of nitrogens with one attached hydrogen (secondary N) is 1. The summed E-state index contributed by atoms with van der Waals surface area (Å²) in [6, 6.07) is 11.1. The highest BCUT2D eigenvalue weighted by molar-refractivity contribution is 5.92. The molecule has 6 heteroatoms. The van der Waals surface area contributed by atoms with Crippen molar-refractivity contribution >= 4 is 23.1 Å². The number of nitrogens with zero attached hydrogens (tertiary/aromatic N) is 2. The Balaban J connectivity index is 1.58. The number of ether oxygens (including phenoxy) is 1. The second kappa shape index (κ2) is 7.11. The summed E-state index contributed by atoms with van der Waals surface area (Å²) in [6.45, 7) is 3.13. The van der Waals surface area contributed by atoms with E-state index in [9.17, 15) is 4.79 Å². The summed E-state index contributed by atoms with van der Waals surface area (Å²) in [5.41, 5.74) is 7.96. The molecule has 0 aliphatic carbocycles. The van der Waals surface area contributed by atoms with Crippen LogP contribution < -0.4 is 16.0 Å². The Morgan fingerprint density at radius 2 is 2.09 bits per heavy atom. The van der Waals surface area contributed by atoms with E-state index in [1.807, 2.05) is 24.3 Å². The second-order valence-electron chi connectivity index (χ2n) is 5.47. The summed E-state index contributed by atoms with van der Waals surface area (Å²) < 4.78 is 5.33. The first-order valence-electron chi connectivity index (χ1n) is 7.64. The summed E-state index contributed by atoms with van der Waals surface area (Å²) in [5, 5.41) is 2.85. The van der Waals surface area contributed by atoms with Gasteiger partial charge in [-0.1, -0.05) is 12.1 Å². The number of nitrogens with two attached hydrogens (primary N) is 1. The van der Waals surface area contributed by atoms with E-state index in [0.29, 0.717) is 11.4 Å². The zero-order valence-corrected chi connectivity index (χ0v) is 12.9. The number of pyridine rings is 1. The van der Waals surface area contributed by atoms with Gasteiger partial charge in [0.2, 0.25) is 5.91 Å². The first-order valence-corrected chi connectivity index (χ1v) is 7.64. The fourth-order valence-corrected chi connectivity index (χ4v) is 2.53. The van der Waals surface area contributed by atoms with Gasteiger partial charge in [-0.25, -0.2) is 4.98 Å². The van der Waals surface area contributed by atoms with E-state index in [4.69, 9.17) is 10.5 Å². The molecule has 6 nitrogen and oxygen atoms in total. The van der Waals surface area contributed by atoms with Gasteiger partial charge in [0, 0.05) is 18.8 Å². The van der Waals surface area contributed by atoms with Crippen molar-refractivity contribution in [3.63, 3.8) is 0 Å². The van der Waals surface area contributed by atoms with E-state index in [1.54, 1.807) is 18.3 Å². The van der Waals surface area contributed by atoms with Crippen LogP contribution in [0.2, 0.25) is 0 Å². The fraction of sp³-hybridized carbons (Fsp3) is 0.294. The maximum atomic E-state index is 12.1. The minimum Gasteiger partial charge on any atom is -0.399 e. The van der Waals surface area contributed by atoms with Crippen molar-refractivity contribution in [2.45, 2.75) is 6.42 Å².